The highest BCUT2D eigenvalue weighted by Crippen LogP contribution is 2.33. The third-order valence-electron chi connectivity index (χ3n) is 6.21. The molecule has 2 saturated heterocycles. The Bertz CT molecular complexity index is 1080. The van der Waals surface area contributed by atoms with E-state index in [9.17, 15) is 8.42 Å². The number of hydrogen-bond acceptors (Lipinski definition) is 8. The van der Waals surface area contributed by atoms with Gasteiger partial charge in [-0.15, -0.1) is 0 Å². The molecule has 0 radical (unpaired) electrons. The van der Waals surface area contributed by atoms with Gasteiger partial charge in [0.25, 0.3) is 0 Å². The molecule has 1 aromatic heterocycles. The van der Waals surface area contributed by atoms with Crippen molar-refractivity contribution in [3.8, 4) is 11.5 Å². The van der Waals surface area contributed by atoms with Gasteiger partial charge in [0.05, 0.1) is 4.90 Å². The number of piperidine rings is 1. The summed E-state index contributed by atoms with van der Waals surface area (Å²) >= 11 is 0. The Labute approximate surface area is 189 Å². The predicted octanol–water partition coefficient (Wildman–Crippen LogP) is 2.06. The summed E-state index contributed by atoms with van der Waals surface area (Å²) in [6.07, 6.45) is 3.65. The van der Waals surface area contributed by atoms with Crippen molar-refractivity contribution in [3.63, 3.8) is 0 Å². The van der Waals surface area contributed by atoms with Crippen LogP contribution in [0.15, 0.2) is 29.2 Å². The van der Waals surface area contributed by atoms with Gasteiger partial charge in [-0.2, -0.15) is 4.31 Å². The summed E-state index contributed by atoms with van der Waals surface area (Å²) in [4.78, 5) is 14.0. The number of rotatable bonds is 4. The summed E-state index contributed by atoms with van der Waals surface area (Å²) in [5.41, 5.74) is 0. The maximum atomic E-state index is 13.2. The van der Waals surface area contributed by atoms with Crippen LogP contribution in [0.5, 0.6) is 11.5 Å². The zero-order valence-electron chi connectivity index (χ0n) is 18.4. The minimum absolute atomic E-state index is 0.237. The largest absolute Gasteiger partial charge is 0.486 e. The van der Waals surface area contributed by atoms with Crippen molar-refractivity contribution in [1.82, 2.24) is 14.3 Å². The van der Waals surface area contributed by atoms with Crippen LogP contribution in [-0.2, 0) is 10.0 Å². The summed E-state index contributed by atoms with van der Waals surface area (Å²) in [6.45, 7) is 6.83. The normalized spacial score (nSPS) is 19.8. The third-order valence-corrected chi connectivity index (χ3v) is 8.10. The summed E-state index contributed by atoms with van der Waals surface area (Å²) in [6, 6.07) is 6.87. The first kappa shape index (κ1) is 21.3. The zero-order chi connectivity index (χ0) is 22.1. The third kappa shape index (κ3) is 4.21. The first-order valence-electron chi connectivity index (χ1n) is 11.3. The van der Waals surface area contributed by atoms with Gasteiger partial charge >= 0.3 is 0 Å². The molecule has 4 heterocycles. The molecule has 0 saturated carbocycles. The number of benzene rings is 1. The molecule has 1 aromatic carbocycles. The Morgan fingerprint density at radius 1 is 0.781 bits per heavy atom. The molecular weight excluding hydrogens is 430 g/mol. The molecular formula is C22H29N5O4S. The molecule has 0 N–H and O–H groups in total. The first-order chi connectivity index (χ1) is 15.5. The molecule has 172 valence electrons. The molecule has 3 aliphatic rings. The molecule has 32 heavy (non-hydrogen) atoms. The van der Waals surface area contributed by atoms with Crippen LogP contribution in [-0.4, -0.2) is 75.2 Å². The van der Waals surface area contributed by atoms with E-state index in [4.69, 9.17) is 9.47 Å². The highest BCUT2D eigenvalue weighted by Gasteiger charge is 2.30. The van der Waals surface area contributed by atoms with Gasteiger partial charge in [0.1, 0.15) is 30.7 Å². The fourth-order valence-corrected chi connectivity index (χ4v) is 5.91. The van der Waals surface area contributed by atoms with Crippen molar-refractivity contribution in [3.05, 3.63) is 30.1 Å². The van der Waals surface area contributed by atoms with Crippen LogP contribution >= 0.6 is 0 Å². The van der Waals surface area contributed by atoms with Crippen LogP contribution in [0.2, 0.25) is 0 Å². The second-order valence-electron chi connectivity index (χ2n) is 8.38. The van der Waals surface area contributed by atoms with Gasteiger partial charge < -0.3 is 19.3 Å². The van der Waals surface area contributed by atoms with E-state index in [0.29, 0.717) is 50.9 Å². The van der Waals surface area contributed by atoms with Gasteiger partial charge in [0.2, 0.25) is 10.0 Å². The average Bonchev–Trinajstić information content (AvgIpc) is 2.84. The SMILES string of the molecule is Cc1nc(N2CCCCC2)cc(N2CCN(S(=O)(=O)c3ccc4c(c3)OCCO4)CC2)n1. The molecule has 0 aliphatic carbocycles. The van der Waals surface area contributed by atoms with E-state index < -0.39 is 10.0 Å². The Morgan fingerprint density at radius 2 is 1.41 bits per heavy atom. The number of ether oxygens (including phenoxy) is 2. The predicted molar refractivity (Wildman–Crippen MR) is 121 cm³/mol. The Balaban J connectivity index is 1.29. The van der Waals surface area contributed by atoms with Gasteiger partial charge in [0, 0.05) is 51.4 Å². The van der Waals surface area contributed by atoms with Gasteiger partial charge in [-0.3, -0.25) is 0 Å². The molecule has 0 bridgehead atoms. The lowest BCUT2D eigenvalue weighted by molar-refractivity contribution is 0.171. The van der Waals surface area contributed by atoms with E-state index in [1.165, 1.54) is 23.6 Å². The Kier molecular flexibility index (Phi) is 5.81. The summed E-state index contributed by atoms with van der Waals surface area (Å²) in [7, 11) is -3.60. The molecule has 2 aromatic rings. The van der Waals surface area contributed by atoms with Gasteiger partial charge in [-0.25, -0.2) is 18.4 Å². The van der Waals surface area contributed by atoms with Crippen molar-refractivity contribution in [2.75, 3.05) is 62.3 Å². The highest BCUT2D eigenvalue weighted by atomic mass is 32.2. The number of sulfonamides is 1. The minimum Gasteiger partial charge on any atom is -0.486 e. The lowest BCUT2D eigenvalue weighted by atomic mass is 10.1. The molecule has 5 rings (SSSR count). The molecule has 0 atom stereocenters. The number of hydrogen-bond donors (Lipinski definition) is 0. The molecule has 0 unspecified atom stereocenters. The fourth-order valence-electron chi connectivity index (χ4n) is 4.47. The molecule has 9 nitrogen and oxygen atoms in total. The minimum atomic E-state index is -3.60. The monoisotopic (exact) mass is 459 g/mol. The second kappa shape index (κ2) is 8.74. The molecule has 2 fully saturated rings. The van der Waals surface area contributed by atoms with E-state index >= 15 is 0 Å². The quantitative estimate of drug-likeness (QED) is 0.687. The maximum Gasteiger partial charge on any atom is 0.243 e. The second-order valence-corrected chi connectivity index (χ2v) is 10.3. The van der Waals surface area contributed by atoms with Crippen LogP contribution in [0, 0.1) is 6.92 Å². The lowest BCUT2D eigenvalue weighted by Crippen LogP contribution is -2.49. The summed E-state index contributed by atoms with van der Waals surface area (Å²) in [5, 5.41) is 0. The standard InChI is InChI=1S/C22H29N5O4S/c1-17-23-21(25-7-3-2-4-8-25)16-22(24-17)26-9-11-27(12-10-26)32(28,29)18-5-6-19-20(15-18)31-14-13-30-19/h5-6,15-16H,2-4,7-14H2,1H3. The van der Waals surface area contributed by atoms with Crippen molar-refractivity contribution >= 4 is 21.7 Å². The van der Waals surface area contributed by atoms with Crippen molar-refractivity contribution in [1.29, 1.82) is 0 Å². The number of fused-ring (bicyclic) bond motifs is 1. The van der Waals surface area contributed by atoms with E-state index in [1.807, 2.05) is 13.0 Å². The molecule has 10 heteroatoms. The molecule has 0 spiro atoms. The van der Waals surface area contributed by atoms with E-state index in [0.717, 1.165) is 30.5 Å². The fraction of sp³-hybridized carbons (Fsp3) is 0.545. The number of piperazine rings is 1. The number of nitrogens with zero attached hydrogens (tertiary/aromatic N) is 5. The van der Waals surface area contributed by atoms with E-state index in [1.54, 1.807) is 18.2 Å². The van der Waals surface area contributed by atoms with Gasteiger partial charge in [-0.05, 0) is 38.3 Å². The Hall–Kier alpha value is -2.59. The van der Waals surface area contributed by atoms with Crippen molar-refractivity contribution in [2.24, 2.45) is 0 Å². The van der Waals surface area contributed by atoms with E-state index in [2.05, 4.69) is 19.8 Å². The van der Waals surface area contributed by atoms with E-state index in [-0.39, 0.29) is 4.90 Å². The zero-order valence-corrected chi connectivity index (χ0v) is 19.2. The lowest BCUT2D eigenvalue weighted by Gasteiger charge is -2.35. The topological polar surface area (TPSA) is 88.1 Å². The smallest absolute Gasteiger partial charge is 0.243 e. The van der Waals surface area contributed by atoms with Crippen LogP contribution in [0.4, 0.5) is 11.6 Å². The van der Waals surface area contributed by atoms with Crippen LogP contribution in [0.25, 0.3) is 0 Å². The number of aryl methyl sites for hydroxylation is 1. The average molecular weight is 460 g/mol. The van der Waals surface area contributed by atoms with Gasteiger partial charge in [0.15, 0.2) is 11.5 Å². The van der Waals surface area contributed by atoms with Crippen LogP contribution in [0.1, 0.15) is 25.1 Å². The van der Waals surface area contributed by atoms with Crippen LogP contribution < -0.4 is 19.3 Å². The highest BCUT2D eigenvalue weighted by molar-refractivity contribution is 7.89. The first-order valence-corrected chi connectivity index (χ1v) is 12.7. The van der Waals surface area contributed by atoms with Crippen molar-refractivity contribution < 1.29 is 17.9 Å². The van der Waals surface area contributed by atoms with Crippen LogP contribution in [0.3, 0.4) is 0 Å². The van der Waals surface area contributed by atoms with Crippen molar-refractivity contribution in [2.45, 2.75) is 31.1 Å². The summed E-state index contributed by atoms with van der Waals surface area (Å²) < 4.78 is 39.0. The van der Waals surface area contributed by atoms with Gasteiger partial charge in [-0.1, -0.05) is 0 Å². The summed E-state index contributed by atoms with van der Waals surface area (Å²) in [5.74, 6) is 3.66. The number of aromatic nitrogens is 2. The molecule has 0 amide bonds. The number of anilines is 2. The Morgan fingerprint density at radius 3 is 2.09 bits per heavy atom. The maximum absolute atomic E-state index is 13.2. The molecule has 3 aliphatic heterocycles.